The summed E-state index contributed by atoms with van der Waals surface area (Å²) in [4.78, 5) is 40.0. The van der Waals surface area contributed by atoms with Crippen molar-refractivity contribution in [2.45, 2.75) is 25.2 Å². The zero-order chi connectivity index (χ0) is 19.4. The Morgan fingerprint density at radius 2 is 1.59 bits per heavy atom. The Kier molecular flexibility index (Phi) is 5.52. The molecule has 3 N–H and O–H groups in total. The Hall–Kier alpha value is -3.19. The van der Waals surface area contributed by atoms with E-state index in [0.29, 0.717) is 0 Å². The van der Waals surface area contributed by atoms with Crippen LogP contribution >= 0.6 is 0 Å². The first kappa shape index (κ1) is 18.6. The summed E-state index contributed by atoms with van der Waals surface area (Å²) in [5.74, 6) is -0.730. The molecule has 7 nitrogen and oxygen atoms in total. The van der Waals surface area contributed by atoms with E-state index in [0.717, 1.165) is 16.0 Å². The second kappa shape index (κ2) is 8.01. The molecule has 3 rings (SSSR count). The molecule has 0 saturated carbocycles. The molecule has 2 aromatic rings. The molecule has 4 amide bonds. The van der Waals surface area contributed by atoms with E-state index in [1.807, 2.05) is 60.7 Å². The fourth-order valence-electron chi connectivity index (χ4n) is 3.09. The van der Waals surface area contributed by atoms with Gasteiger partial charge in [-0.1, -0.05) is 60.7 Å². The van der Waals surface area contributed by atoms with Gasteiger partial charge in [0.05, 0.1) is 6.42 Å². The van der Waals surface area contributed by atoms with Gasteiger partial charge in [-0.3, -0.25) is 14.5 Å². The number of hydrogen-bond acceptors (Lipinski definition) is 4. The molecule has 2 unspecified atom stereocenters. The van der Waals surface area contributed by atoms with Gasteiger partial charge in [0.2, 0.25) is 5.91 Å². The van der Waals surface area contributed by atoms with Crippen molar-refractivity contribution in [1.29, 1.82) is 0 Å². The average Bonchev–Trinajstić information content (AvgIpc) is 2.67. The molecule has 1 aliphatic rings. The van der Waals surface area contributed by atoms with Gasteiger partial charge < -0.3 is 16.0 Å². The maximum absolute atomic E-state index is 13.1. The predicted molar refractivity (Wildman–Crippen MR) is 100 cm³/mol. The van der Waals surface area contributed by atoms with Crippen molar-refractivity contribution in [2.75, 3.05) is 7.05 Å². The molecular weight excluding hydrogens is 344 g/mol. The fourth-order valence-corrected chi connectivity index (χ4v) is 3.09. The summed E-state index contributed by atoms with van der Waals surface area (Å²) in [7, 11) is 1.37. The predicted octanol–water partition coefficient (Wildman–Crippen LogP) is 1.09. The standard InChI is InChI=1S/C20H22N4O3/c1-23-19(26)17(18(21)22-20(23)27)24(13-15-10-6-3-7-11-15)16(25)12-14-8-4-2-5-9-14/h2-11,17-18H,12-13,21H2,1H3,(H,22,27). The number of nitrogens with one attached hydrogen (secondary N) is 1. The molecule has 1 saturated heterocycles. The number of benzene rings is 2. The maximum Gasteiger partial charge on any atom is 0.325 e. The number of rotatable bonds is 5. The second-order valence-corrected chi connectivity index (χ2v) is 6.49. The van der Waals surface area contributed by atoms with Gasteiger partial charge in [-0.15, -0.1) is 0 Å². The third-order valence-electron chi connectivity index (χ3n) is 4.57. The minimum atomic E-state index is -0.968. The molecule has 0 bridgehead atoms. The van der Waals surface area contributed by atoms with Crippen LogP contribution in [0.15, 0.2) is 60.7 Å². The number of carbonyl (C=O) groups excluding carboxylic acids is 3. The van der Waals surface area contributed by atoms with E-state index < -0.39 is 24.1 Å². The van der Waals surface area contributed by atoms with E-state index in [1.165, 1.54) is 11.9 Å². The topological polar surface area (TPSA) is 95.7 Å². The third kappa shape index (κ3) is 4.15. The normalized spacial score (nSPS) is 19.6. The van der Waals surface area contributed by atoms with Crippen LogP contribution in [0, 0.1) is 0 Å². The lowest BCUT2D eigenvalue weighted by Gasteiger charge is -2.40. The summed E-state index contributed by atoms with van der Waals surface area (Å²) in [5.41, 5.74) is 7.75. The van der Waals surface area contributed by atoms with E-state index >= 15 is 0 Å². The Morgan fingerprint density at radius 1 is 1.04 bits per heavy atom. The summed E-state index contributed by atoms with van der Waals surface area (Å²) in [5, 5.41) is 2.54. The van der Waals surface area contributed by atoms with Gasteiger partial charge in [0.15, 0.2) is 0 Å². The van der Waals surface area contributed by atoms with Crippen LogP contribution < -0.4 is 11.1 Å². The summed E-state index contributed by atoms with van der Waals surface area (Å²) in [6.07, 6.45) is -0.827. The van der Waals surface area contributed by atoms with E-state index in [2.05, 4.69) is 5.32 Å². The second-order valence-electron chi connectivity index (χ2n) is 6.49. The van der Waals surface area contributed by atoms with Crippen molar-refractivity contribution in [3.8, 4) is 0 Å². The molecule has 0 spiro atoms. The summed E-state index contributed by atoms with van der Waals surface area (Å²) in [6.45, 7) is 0.223. The molecule has 0 aromatic heterocycles. The molecule has 1 fully saturated rings. The molecule has 0 radical (unpaired) electrons. The van der Waals surface area contributed by atoms with Gasteiger partial charge in [-0.25, -0.2) is 4.79 Å². The number of urea groups is 1. The largest absolute Gasteiger partial charge is 0.325 e. The first-order valence-corrected chi connectivity index (χ1v) is 8.68. The Morgan fingerprint density at radius 3 is 2.19 bits per heavy atom. The third-order valence-corrected chi connectivity index (χ3v) is 4.57. The van der Waals surface area contributed by atoms with E-state index in [9.17, 15) is 14.4 Å². The molecule has 1 aliphatic heterocycles. The van der Waals surface area contributed by atoms with E-state index in [4.69, 9.17) is 5.73 Å². The van der Waals surface area contributed by atoms with Gasteiger partial charge >= 0.3 is 6.03 Å². The quantitative estimate of drug-likeness (QED) is 0.828. The average molecular weight is 366 g/mol. The van der Waals surface area contributed by atoms with Crippen molar-refractivity contribution in [3.63, 3.8) is 0 Å². The van der Waals surface area contributed by atoms with E-state index in [1.54, 1.807) is 0 Å². The highest BCUT2D eigenvalue weighted by atomic mass is 16.2. The van der Waals surface area contributed by atoms with Gasteiger partial charge in [0.25, 0.3) is 5.91 Å². The lowest BCUT2D eigenvalue weighted by Crippen LogP contribution is -2.70. The SMILES string of the molecule is CN1C(=O)NC(N)C(N(Cc2ccccc2)C(=O)Cc2ccccc2)C1=O. The lowest BCUT2D eigenvalue weighted by atomic mass is 10.0. The summed E-state index contributed by atoms with van der Waals surface area (Å²) in [6, 6.07) is 17.1. The van der Waals surface area contributed by atoms with Crippen LogP contribution in [0.4, 0.5) is 4.79 Å². The van der Waals surface area contributed by atoms with Gasteiger partial charge in [-0.2, -0.15) is 0 Å². The molecule has 7 heteroatoms. The van der Waals surface area contributed by atoms with Crippen LogP contribution in [-0.4, -0.2) is 46.9 Å². The smallest absolute Gasteiger partial charge is 0.323 e. The van der Waals surface area contributed by atoms with Gasteiger partial charge in [0.1, 0.15) is 12.2 Å². The van der Waals surface area contributed by atoms with Crippen LogP contribution in [0.1, 0.15) is 11.1 Å². The molecule has 140 valence electrons. The van der Waals surface area contributed by atoms with Crippen molar-refractivity contribution in [3.05, 3.63) is 71.8 Å². The zero-order valence-corrected chi connectivity index (χ0v) is 15.0. The monoisotopic (exact) mass is 366 g/mol. The summed E-state index contributed by atoms with van der Waals surface area (Å²) < 4.78 is 0. The van der Waals surface area contributed by atoms with Crippen molar-refractivity contribution >= 4 is 17.8 Å². The minimum absolute atomic E-state index is 0.141. The first-order valence-electron chi connectivity index (χ1n) is 8.68. The number of imide groups is 1. The Labute approximate surface area is 157 Å². The highest BCUT2D eigenvalue weighted by Gasteiger charge is 2.42. The van der Waals surface area contributed by atoms with E-state index in [-0.39, 0.29) is 18.9 Å². The molecular formula is C20H22N4O3. The number of nitrogens with two attached hydrogens (primary N) is 1. The number of amides is 4. The van der Waals surface area contributed by atoms with Gasteiger partial charge in [-0.05, 0) is 11.1 Å². The number of likely N-dealkylation sites (N-methyl/N-ethyl adjacent to an activating group) is 1. The summed E-state index contributed by atoms with van der Waals surface area (Å²) >= 11 is 0. The molecule has 2 atom stereocenters. The van der Waals surface area contributed by atoms with Crippen LogP contribution in [0.2, 0.25) is 0 Å². The van der Waals surface area contributed by atoms with Crippen LogP contribution in [-0.2, 0) is 22.6 Å². The Bertz CT molecular complexity index is 826. The molecule has 2 aromatic carbocycles. The van der Waals surface area contributed by atoms with Gasteiger partial charge in [0, 0.05) is 13.6 Å². The Balaban J connectivity index is 1.90. The molecule has 1 heterocycles. The highest BCUT2D eigenvalue weighted by Crippen LogP contribution is 2.17. The van der Waals surface area contributed by atoms with Crippen LogP contribution in [0.5, 0.6) is 0 Å². The van der Waals surface area contributed by atoms with Crippen LogP contribution in [0.25, 0.3) is 0 Å². The molecule has 0 aliphatic carbocycles. The first-order chi connectivity index (χ1) is 13.0. The van der Waals surface area contributed by atoms with Crippen LogP contribution in [0.3, 0.4) is 0 Å². The highest BCUT2D eigenvalue weighted by molar-refractivity contribution is 6.01. The zero-order valence-electron chi connectivity index (χ0n) is 15.0. The molecule has 27 heavy (non-hydrogen) atoms. The number of nitrogens with zero attached hydrogens (tertiary/aromatic N) is 2. The lowest BCUT2D eigenvalue weighted by molar-refractivity contribution is -0.146. The van der Waals surface area contributed by atoms with Crippen molar-refractivity contribution < 1.29 is 14.4 Å². The number of carbonyl (C=O) groups is 3. The minimum Gasteiger partial charge on any atom is -0.323 e. The fraction of sp³-hybridized carbons (Fsp3) is 0.250. The maximum atomic E-state index is 13.1. The van der Waals surface area contributed by atoms with Crippen molar-refractivity contribution in [2.24, 2.45) is 5.73 Å². The number of hydrogen-bond donors (Lipinski definition) is 2. The van der Waals surface area contributed by atoms with Crippen molar-refractivity contribution in [1.82, 2.24) is 15.1 Å².